The molecule has 0 aromatic heterocycles. The summed E-state index contributed by atoms with van der Waals surface area (Å²) in [4.78, 5) is 12.1. The van der Waals surface area contributed by atoms with Crippen LogP contribution in [0, 0.1) is 0 Å². The highest BCUT2D eigenvalue weighted by Gasteiger charge is 2.15. The van der Waals surface area contributed by atoms with Gasteiger partial charge < -0.3 is 9.47 Å². The van der Waals surface area contributed by atoms with Crippen LogP contribution in [0.1, 0.15) is 10.4 Å². The van der Waals surface area contributed by atoms with E-state index in [1.54, 1.807) is 6.07 Å². The first-order chi connectivity index (χ1) is 10.2. The van der Waals surface area contributed by atoms with Crippen LogP contribution in [0.4, 0.5) is 5.69 Å². The van der Waals surface area contributed by atoms with Crippen molar-refractivity contribution in [3.8, 4) is 11.5 Å². The Bertz CT molecular complexity index is 632. The molecule has 0 aliphatic rings. The van der Waals surface area contributed by atoms with Crippen LogP contribution in [0.2, 0.25) is 5.02 Å². The van der Waals surface area contributed by atoms with Crippen molar-refractivity contribution in [1.82, 2.24) is 5.43 Å². The summed E-state index contributed by atoms with van der Waals surface area (Å²) >= 11 is 6.07. The lowest BCUT2D eigenvalue weighted by molar-refractivity contribution is 0.0962. The first-order valence-corrected chi connectivity index (χ1v) is 6.56. The molecule has 0 radical (unpaired) electrons. The van der Waals surface area contributed by atoms with Crippen molar-refractivity contribution >= 4 is 23.2 Å². The molecule has 110 valence electrons. The lowest BCUT2D eigenvalue weighted by Crippen LogP contribution is -2.29. The molecule has 21 heavy (non-hydrogen) atoms. The summed E-state index contributed by atoms with van der Waals surface area (Å²) in [6.07, 6.45) is 0. The van der Waals surface area contributed by atoms with Gasteiger partial charge in [0, 0.05) is 5.56 Å². The highest BCUT2D eigenvalue weighted by atomic mass is 35.5. The fourth-order valence-corrected chi connectivity index (χ4v) is 2.06. The number of hydrazine groups is 1. The number of halogens is 1. The highest BCUT2D eigenvalue weighted by Crippen LogP contribution is 2.35. The molecule has 0 fully saturated rings. The van der Waals surface area contributed by atoms with Crippen molar-refractivity contribution in [3.63, 3.8) is 0 Å². The second-order valence-electron chi connectivity index (χ2n) is 4.14. The predicted octanol–water partition coefficient (Wildman–Crippen LogP) is 3.11. The third-order valence-electron chi connectivity index (χ3n) is 2.79. The molecule has 0 heterocycles. The van der Waals surface area contributed by atoms with E-state index in [9.17, 15) is 4.79 Å². The van der Waals surface area contributed by atoms with E-state index in [0.29, 0.717) is 22.1 Å². The molecular formula is C15H15ClN2O3. The lowest BCUT2D eigenvalue weighted by Gasteiger charge is -2.12. The summed E-state index contributed by atoms with van der Waals surface area (Å²) in [5.74, 6) is 0.461. The number of para-hydroxylation sites is 1. The standard InChI is InChI=1S/C15H15ClN2O3/c1-20-13-9-10(8-12(16)14(13)21-2)15(19)18-17-11-6-4-3-5-7-11/h3-9,17H,1-2H3,(H,18,19). The fraction of sp³-hybridized carbons (Fsp3) is 0.133. The molecule has 0 aliphatic carbocycles. The number of amides is 1. The summed E-state index contributed by atoms with van der Waals surface area (Å²) in [6, 6.07) is 12.4. The summed E-state index contributed by atoms with van der Waals surface area (Å²) in [7, 11) is 2.97. The van der Waals surface area contributed by atoms with Crippen LogP contribution in [0.5, 0.6) is 11.5 Å². The molecule has 0 unspecified atom stereocenters. The average Bonchev–Trinajstić information content (AvgIpc) is 2.52. The Labute approximate surface area is 127 Å². The molecule has 2 rings (SSSR count). The Morgan fingerprint density at radius 2 is 1.81 bits per heavy atom. The molecule has 0 saturated carbocycles. The van der Waals surface area contributed by atoms with Crippen LogP contribution in [-0.2, 0) is 0 Å². The van der Waals surface area contributed by atoms with Gasteiger partial charge in [0.2, 0.25) is 0 Å². The Morgan fingerprint density at radius 1 is 1.10 bits per heavy atom. The molecule has 1 amide bonds. The van der Waals surface area contributed by atoms with Crippen molar-refractivity contribution in [1.29, 1.82) is 0 Å². The summed E-state index contributed by atoms with van der Waals surface area (Å²) < 4.78 is 10.3. The van der Waals surface area contributed by atoms with E-state index in [0.717, 1.165) is 5.69 Å². The van der Waals surface area contributed by atoms with Gasteiger partial charge in [-0.2, -0.15) is 0 Å². The third kappa shape index (κ3) is 3.58. The van der Waals surface area contributed by atoms with Gasteiger partial charge in [0.1, 0.15) is 0 Å². The van der Waals surface area contributed by atoms with Crippen LogP contribution in [-0.4, -0.2) is 20.1 Å². The summed E-state index contributed by atoms with van der Waals surface area (Å²) in [5.41, 5.74) is 6.54. The van der Waals surface area contributed by atoms with E-state index in [1.807, 2.05) is 30.3 Å². The highest BCUT2D eigenvalue weighted by molar-refractivity contribution is 6.32. The molecule has 0 aliphatic heterocycles. The Hall–Kier alpha value is -2.40. The number of anilines is 1. The van der Waals surface area contributed by atoms with Crippen LogP contribution >= 0.6 is 11.6 Å². The van der Waals surface area contributed by atoms with Gasteiger partial charge in [0.15, 0.2) is 11.5 Å². The summed E-state index contributed by atoms with van der Waals surface area (Å²) in [6.45, 7) is 0. The Morgan fingerprint density at radius 3 is 2.43 bits per heavy atom. The second-order valence-corrected chi connectivity index (χ2v) is 4.55. The van der Waals surface area contributed by atoms with E-state index in [-0.39, 0.29) is 5.91 Å². The molecule has 0 saturated heterocycles. The number of rotatable bonds is 5. The number of ether oxygens (including phenoxy) is 2. The smallest absolute Gasteiger partial charge is 0.269 e. The van der Waals surface area contributed by atoms with Gasteiger partial charge in [-0.3, -0.25) is 15.6 Å². The number of methoxy groups -OCH3 is 2. The molecule has 2 aromatic carbocycles. The molecule has 0 bridgehead atoms. The van der Waals surface area contributed by atoms with Crippen molar-refractivity contribution in [2.45, 2.75) is 0 Å². The zero-order chi connectivity index (χ0) is 15.2. The van der Waals surface area contributed by atoms with Gasteiger partial charge in [0.05, 0.1) is 24.9 Å². The van der Waals surface area contributed by atoms with Gasteiger partial charge in [0.25, 0.3) is 5.91 Å². The molecular weight excluding hydrogens is 292 g/mol. The predicted molar refractivity (Wildman–Crippen MR) is 82.1 cm³/mol. The van der Waals surface area contributed by atoms with Crippen LogP contribution < -0.4 is 20.3 Å². The van der Waals surface area contributed by atoms with Crippen LogP contribution in [0.25, 0.3) is 0 Å². The lowest BCUT2D eigenvalue weighted by atomic mass is 10.2. The minimum atomic E-state index is -0.332. The van der Waals surface area contributed by atoms with Gasteiger partial charge in [-0.25, -0.2) is 0 Å². The molecule has 2 aromatic rings. The molecule has 0 spiro atoms. The van der Waals surface area contributed by atoms with Crippen LogP contribution in [0.15, 0.2) is 42.5 Å². The maximum Gasteiger partial charge on any atom is 0.269 e. The van der Waals surface area contributed by atoms with E-state index < -0.39 is 0 Å². The quantitative estimate of drug-likeness (QED) is 0.833. The minimum Gasteiger partial charge on any atom is -0.493 e. The van der Waals surface area contributed by atoms with E-state index in [4.69, 9.17) is 21.1 Å². The number of hydrogen-bond donors (Lipinski definition) is 2. The first kappa shape index (κ1) is 15.0. The van der Waals surface area contributed by atoms with Gasteiger partial charge in [-0.15, -0.1) is 0 Å². The van der Waals surface area contributed by atoms with Crippen molar-refractivity contribution in [3.05, 3.63) is 53.1 Å². The van der Waals surface area contributed by atoms with Crippen molar-refractivity contribution in [2.24, 2.45) is 0 Å². The van der Waals surface area contributed by atoms with E-state index >= 15 is 0 Å². The van der Waals surface area contributed by atoms with Gasteiger partial charge >= 0.3 is 0 Å². The topological polar surface area (TPSA) is 59.6 Å². The number of hydrogen-bond acceptors (Lipinski definition) is 4. The molecule has 2 N–H and O–H groups in total. The normalized spacial score (nSPS) is 9.86. The largest absolute Gasteiger partial charge is 0.493 e. The summed E-state index contributed by atoms with van der Waals surface area (Å²) in [5, 5.41) is 0.307. The van der Waals surface area contributed by atoms with Crippen LogP contribution in [0.3, 0.4) is 0 Å². The zero-order valence-corrected chi connectivity index (χ0v) is 12.4. The van der Waals surface area contributed by atoms with E-state index in [1.165, 1.54) is 20.3 Å². The number of benzene rings is 2. The maximum atomic E-state index is 12.1. The van der Waals surface area contributed by atoms with Crippen molar-refractivity contribution in [2.75, 3.05) is 19.6 Å². The Balaban J connectivity index is 2.14. The van der Waals surface area contributed by atoms with Crippen molar-refractivity contribution < 1.29 is 14.3 Å². The maximum absolute atomic E-state index is 12.1. The average molecular weight is 307 g/mol. The second kappa shape index (κ2) is 6.85. The van der Waals surface area contributed by atoms with Gasteiger partial charge in [-0.05, 0) is 24.3 Å². The fourth-order valence-electron chi connectivity index (χ4n) is 1.77. The zero-order valence-electron chi connectivity index (χ0n) is 11.6. The minimum absolute atomic E-state index is 0.307. The number of nitrogens with one attached hydrogen (secondary N) is 2. The Kier molecular flexibility index (Phi) is 4.90. The molecule has 5 nitrogen and oxygen atoms in total. The first-order valence-electron chi connectivity index (χ1n) is 6.18. The third-order valence-corrected chi connectivity index (χ3v) is 3.07. The molecule has 0 atom stereocenters. The molecule has 6 heteroatoms. The SMILES string of the molecule is COc1cc(C(=O)NNc2ccccc2)cc(Cl)c1OC. The van der Waals surface area contributed by atoms with Gasteiger partial charge in [-0.1, -0.05) is 29.8 Å². The number of carbonyl (C=O) groups is 1. The van der Waals surface area contributed by atoms with E-state index in [2.05, 4.69) is 10.9 Å². The number of carbonyl (C=O) groups excluding carboxylic acids is 1. The monoisotopic (exact) mass is 306 g/mol.